The van der Waals surface area contributed by atoms with Gasteiger partial charge in [-0.05, 0) is 30.6 Å². The van der Waals surface area contributed by atoms with Crippen LogP contribution in [0.15, 0.2) is 18.7 Å². The van der Waals surface area contributed by atoms with E-state index in [-0.39, 0.29) is 5.41 Å². The lowest BCUT2D eigenvalue weighted by Gasteiger charge is -2.34. The minimum Gasteiger partial charge on any atom is -0.336 e. The van der Waals surface area contributed by atoms with E-state index >= 15 is 0 Å². The SMILES string of the molecule is CCC1CCC(NC(Cn2ccnc2)C(C)(C)C)C1. The quantitative estimate of drug-likeness (QED) is 0.881. The van der Waals surface area contributed by atoms with E-state index in [4.69, 9.17) is 0 Å². The van der Waals surface area contributed by atoms with Crippen LogP contribution in [0.25, 0.3) is 0 Å². The minimum absolute atomic E-state index is 0.272. The molecule has 3 heteroatoms. The second kappa shape index (κ2) is 6.08. The van der Waals surface area contributed by atoms with Crippen molar-refractivity contribution in [2.45, 2.75) is 72.0 Å². The fourth-order valence-corrected chi connectivity index (χ4v) is 3.06. The van der Waals surface area contributed by atoms with Crippen molar-refractivity contribution in [2.75, 3.05) is 0 Å². The summed E-state index contributed by atoms with van der Waals surface area (Å²) in [4.78, 5) is 4.15. The Kier molecular flexibility index (Phi) is 4.67. The number of nitrogens with one attached hydrogen (secondary N) is 1. The van der Waals surface area contributed by atoms with Crippen LogP contribution < -0.4 is 5.32 Å². The van der Waals surface area contributed by atoms with Gasteiger partial charge in [0.15, 0.2) is 0 Å². The smallest absolute Gasteiger partial charge is 0.0946 e. The van der Waals surface area contributed by atoms with Crippen LogP contribution in [-0.2, 0) is 6.54 Å². The van der Waals surface area contributed by atoms with Gasteiger partial charge in [-0.1, -0.05) is 34.1 Å². The minimum atomic E-state index is 0.272. The first-order valence-corrected chi connectivity index (χ1v) is 7.70. The van der Waals surface area contributed by atoms with Crippen molar-refractivity contribution in [3.8, 4) is 0 Å². The highest BCUT2D eigenvalue weighted by Crippen LogP contribution is 2.30. The molecule has 3 atom stereocenters. The molecule has 3 nitrogen and oxygen atoms in total. The van der Waals surface area contributed by atoms with Gasteiger partial charge in [0.25, 0.3) is 0 Å². The normalized spacial score (nSPS) is 25.7. The molecule has 0 amide bonds. The van der Waals surface area contributed by atoms with Gasteiger partial charge < -0.3 is 9.88 Å². The zero-order chi connectivity index (χ0) is 13.9. The summed E-state index contributed by atoms with van der Waals surface area (Å²) in [5.41, 5.74) is 0.272. The van der Waals surface area contributed by atoms with Gasteiger partial charge in [0, 0.05) is 31.0 Å². The van der Waals surface area contributed by atoms with Crippen molar-refractivity contribution < 1.29 is 0 Å². The summed E-state index contributed by atoms with van der Waals surface area (Å²) in [6, 6.07) is 1.21. The molecule has 1 aromatic heterocycles. The van der Waals surface area contributed by atoms with Crippen molar-refractivity contribution in [3.05, 3.63) is 18.7 Å². The molecule has 0 saturated heterocycles. The number of nitrogens with zero attached hydrogens (tertiary/aromatic N) is 2. The summed E-state index contributed by atoms with van der Waals surface area (Å²) in [5, 5.41) is 3.91. The van der Waals surface area contributed by atoms with Crippen LogP contribution >= 0.6 is 0 Å². The third-order valence-corrected chi connectivity index (χ3v) is 4.55. The van der Waals surface area contributed by atoms with E-state index in [1.54, 1.807) is 0 Å². The van der Waals surface area contributed by atoms with Gasteiger partial charge in [0.2, 0.25) is 0 Å². The monoisotopic (exact) mass is 263 g/mol. The Bertz CT molecular complexity index is 364. The van der Waals surface area contributed by atoms with Crippen LogP contribution in [0.1, 0.15) is 53.4 Å². The lowest BCUT2D eigenvalue weighted by atomic mass is 9.86. The molecule has 19 heavy (non-hydrogen) atoms. The van der Waals surface area contributed by atoms with Crippen LogP contribution in [0.2, 0.25) is 0 Å². The molecule has 0 aromatic carbocycles. The molecule has 1 saturated carbocycles. The van der Waals surface area contributed by atoms with Crippen molar-refractivity contribution >= 4 is 0 Å². The Morgan fingerprint density at radius 2 is 2.16 bits per heavy atom. The molecule has 1 aromatic rings. The van der Waals surface area contributed by atoms with Gasteiger partial charge in [0.05, 0.1) is 6.33 Å². The second-order valence-corrected chi connectivity index (χ2v) is 7.13. The molecular weight excluding hydrogens is 234 g/mol. The van der Waals surface area contributed by atoms with Gasteiger partial charge in [-0.3, -0.25) is 0 Å². The van der Waals surface area contributed by atoms with Crippen LogP contribution in [0.4, 0.5) is 0 Å². The van der Waals surface area contributed by atoms with E-state index in [1.807, 2.05) is 12.5 Å². The number of rotatable bonds is 5. The fourth-order valence-electron chi connectivity index (χ4n) is 3.06. The average molecular weight is 263 g/mol. The second-order valence-electron chi connectivity index (χ2n) is 7.13. The summed E-state index contributed by atoms with van der Waals surface area (Å²) in [6.07, 6.45) is 11.3. The standard InChI is InChI=1S/C16H29N3/c1-5-13-6-7-14(10-13)18-15(16(2,3)4)11-19-9-8-17-12-19/h8-9,12-15,18H,5-7,10-11H2,1-4H3. The molecule has 1 N–H and O–H groups in total. The molecule has 1 aliphatic carbocycles. The van der Waals surface area contributed by atoms with Crippen molar-refractivity contribution in [1.82, 2.24) is 14.9 Å². The molecular formula is C16H29N3. The molecule has 0 bridgehead atoms. The highest BCUT2D eigenvalue weighted by molar-refractivity contribution is 4.89. The van der Waals surface area contributed by atoms with Crippen LogP contribution in [0.5, 0.6) is 0 Å². The molecule has 1 heterocycles. The number of aromatic nitrogens is 2. The first-order chi connectivity index (χ1) is 8.99. The lowest BCUT2D eigenvalue weighted by molar-refractivity contribution is 0.220. The summed E-state index contributed by atoms with van der Waals surface area (Å²) < 4.78 is 2.19. The van der Waals surface area contributed by atoms with Crippen LogP contribution in [0, 0.1) is 11.3 Å². The molecule has 0 radical (unpaired) electrons. The maximum atomic E-state index is 4.15. The Hall–Kier alpha value is -0.830. The Morgan fingerprint density at radius 3 is 2.68 bits per heavy atom. The first-order valence-electron chi connectivity index (χ1n) is 7.70. The van der Waals surface area contributed by atoms with Gasteiger partial charge >= 0.3 is 0 Å². The Labute approximate surface area is 117 Å². The first kappa shape index (κ1) is 14.6. The van der Waals surface area contributed by atoms with Gasteiger partial charge in [-0.2, -0.15) is 0 Å². The van der Waals surface area contributed by atoms with E-state index < -0.39 is 0 Å². The number of hydrogen-bond donors (Lipinski definition) is 1. The molecule has 0 aliphatic heterocycles. The van der Waals surface area contributed by atoms with Crippen LogP contribution in [-0.4, -0.2) is 21.6 Å². The van der Waals surface area contributed by atoms with Crippen molar-refractivity contribution in [1.29, 1.82) is 0 Å². The highest BCUT2D eigenvalue weighted by atomic mass is 15.1. The zero-order valence-electron chi connectivity index (χ0n) is 12.9. The van der Waals surface area contributed by atoms with Crippen molar-refractivity contribution in [2.24, 2.45) is 11.3 Å². The fraction of sp³-hybridized carbons (Fsp3) is 0.812. The predicted octanol–water partition coefficient (Wildman–Crippen LogP) is 3.47. The third-order valence-electron chi connectivity index (χ3n) is 4.55. The van der Waals surface area contributed by atoms with Crippen LogP contribution in [0.3, 0.4) is 0 Å². The topological polar surface area (TPSA) is 29.9 Å². The largest absolute Gasteiger partial charge is 0.336 e. The summed E-state index contributed by atoms with van der Waals surface area (Å²) >= 11 is 0. The average Bonchev–Trinajstić information content (AvgIpc) is 2.97. The van der Waals surface area contributed by atoms with E-state index in [0.29, 0.717) is 12.1 Å². The Balaban J connectivity index is 1.95. The molecule has 2 rings (SSSR count). The van der Waals surface area contributed by atoms with Gasteiger partial charge in [-0.25, -0.2) is 4.98 Å². The molecule has 3 unspecified atom stereocenters. The molecule has 0 spiro atoms. The van der Waals surface area contributed by atoms with Crippen molar-refractivity contribution in [3.63, 3.8) is 0 Å². The molecule has 1 fully saturated rings. The predicted molar refractivity (Wildman–Crippen MR) is 80.0 cm³/mol. The summed E-state index contributed by atoms with van der Waals surface area (Å²) in [5.74, 6) is 0.936. The third kappa shape index (κ3) is 4.07. The lowest BCUT2D eigenvalue weighted by Crippen LogP contribution is -2.47. The number of imidazole rings is 1. The van der Waals surface area contributed by atoms with E-state index in [1.165, 1.54) is 25.7 Å². The highest BCUT2D eigenvalue weighted by Gasteiger charge is 2.30. The maximum Gasteiger partial charge on any atom is 0.0946 e. The maximum absolute atomic E-state index is 4.15. The van der Waals surface area contributed by atoms with Gasteiger partial charge in [-0.15, -0.1) is 0 Å². The number of hydrogen-bond acceptors (Lipinski definition) is 2. The summed E-state index contributed by atoms with van der Waals surface area (Å²) in [6.45, 7) is 10.3. The Morgan fingerprint density at radius 1 is 1.37 bits per heavy atom. The molecule has 1 aliphatic rings. The molecule has 108 valence electrons. The van der Waals surface area contributed by atoms with Gasteiger partial charge in [0.1, 0.15) is 0 Å². The van der Waals surface area contributed by atoms with E-state index in [9.17, 15) is 0 Å². The zero-order valence-corrected chi connectivity index (χ0v) is 12.9. The van der Waals surface area contributed by atoms with E-state index in [0.717, 1.165) is 12.5 Å². The summed E-state index contributed by atoms with van der Waals surface area (Å²) in [7, 11) is 0. The van der Waals surface area contributed by atoms with E-state index in [2.05, 4.69) is 48.8 Å².